The number of methoxy groups -OCH3 is 2. The van der Waals surface area contributed by atoms with E-state index >= 15 is 0 Å². The number of hydrogen-bond acceptors (Lipinski definition) is 6. The van der Waals surface area contributed by atoms with Gasteiger partial charge >= 0.3 is 0 Å². The van der Waals surface area contributed by atoms with Gasteiger partial charge in [0.05, 0.1) is 19.8 Å². The Labute approximate surface area is 203 Å². The van der Waals surface area contributed by atoms with Crippen molar-refractivity contribution in [1.82, 2.24) is 14.8 Å². The molecule has 4 aromatic rings. The van der Waals surface area contributed by atoms with E-state index in [0.717, 1.165) is 11.1 Å². The lowest BCUT2D eigenvalue weighted by Crippen LogP contribution is -2.31. The van der Waals surface area contributed by atoms with Crippen LogP contribution in [0.1, 0.15) is 18.5 Å². The quantitative estimate of drug-likeness (QED) is 0.420. The maximum Gasteiger partial charge on any atom is 0.255 e. The van der Waals surface area contributed by atoms with Crippen molar-refractivity contribution in [2.45, 2.75) is 13.0 Å². The molecule has 8 heteroatoms. The molecule has 1 aliphatic rings. The number of carbonyl (C=O) groups is 1. The van der Waals surface area contributed by atoms with E-state index in [1.54, 1.807) is 18.9 Å². The highest BCUT2D eigenvalue weighted by Crippen LogP contribution is 2.43. The van der Waals surface area contributed by atoms with Crippen molar-refractivity contribution in [2.75, 3.05) is 24.9 Å². The lowest BCUT2D eigenvalue weighted by molar-refractivity contribution is -0.113. The summed E-state index contributed by atoms with van der Waals surface area (Å²) in [6, 6.07) is 24.1. The number of para-hydroxylation sites is 2. The van der Waals surface area contributed by atoms with Gasteiger partial charge in [-0.2, -0.15) is 4.98 Å². The number of carbonyl (C=O) groups excluding carboxylic acids is 1. The van der Waals surface area contributed by atoms with Crippen LogP contribution >= 0.6 is 0 Å². The van der Waals surface area contributed by atoms with Crippen molar-refractivity contribution in [2.24, 2.45) is 0 Å². The average molecular weight is 468 g/mol. The van der Waals surface area contributed by atoms with Gasteiger partial charge < -0.3 is 20.1 Å². The summed E-state index contributed by atoms with van der Waals surface area (Å²) in [6.07, 6.45) is 0. The number of allylic oxidation sites excluding steroid dienone is 1. The van der Waals surface area contributed by atoms with Crippen LogP contribution < -0.4 is 20.1 Å². The number of hydrogen-bond donors (Lipinski definition) is 2. The minimum Gasteiger partial charge on any atom is -0.493 e. The van der Waals surface area contributed by atoms with Gasteiger partial charge in [-0.15, -0.1) is 5.10 Å². The normalized spacial score (nSPS) is 14.7. The van der Waals surface area contributed by atoms with Crippen LogP contribution in [0.3, 0.4) is 0 Å². The molecule has 0 spiro atoms. The van der Waals surface area contributed by atoms with Gasteiger partial charge in [0.15, 0.2) is 17.3 Å². The number of anilines is 2. The Kier molecular flexibility index (Phi) is 5.93. The minimum absolute atomic E-state index is 0.251. The Morgan fingerprint density at radius 3 is 2.34 bits per heavy atom. The van der Waals surface area contributed by atoms with Crippen LogP contribution in [0.15, 0.2) is 90.1 Å². The van der Waals surface area contributed by atoms with Crippen LogP contribution in [0.25, 0.3) is 11.4 Å². The first-order valence-electron chi connectivity index (χ1n) is 11.2. The van der Waals surface area contributed by atoms with Crippen molar-refractivity contribution < 1.29 is 14.3 Å². The molecule has 0 saturated heterocycles. The highest BCUT2D eigenvalue weighted by Gasteiger charge is 2.36. The van der Waals surface area contributed by atoms with E-state index in [4.69, 9.17) is 19.6 Å². The lowest BCUT2D eigenvalue weighted by Gasteiger charge is -2.30. The lowest BCUT2D eigenvalue weighted by atomic mass is 9.94. The molecule has 176 valence electrons. The molecule has 8 nitrogen and oxygen atoms in total. The molecule has 1 aliphatic heterocycles. The molecule has 5 rings (SSSR count). The number of fused-ring (bicyclic) bond motifs is 1. The van der Waals surface area contributed by atoms with E-state index in [2.05, 4.69) is 10.6 Å². The average Bonchev–Trinajstić information content (AvgIpc) is 3.32. The molecule has 0 radical (unpaired) electrons. The molecule has 0 aliphatic carbocycles. The number of nitrogens with one attached hydrogen (secondary N) is 2. The van der Waals surface area contributed by atoms with Gasteiger partial charge in [0, 0.05) is 22.5 Å². The largest absolute Gasteiger partial charge is 0.493 e. The number of ether oxygens (including phenoxy) is 2. The third kappa shape index (κ3) is 4.10. The molecule has 2 N–H and O–H groups in total. The Morgan fingerprint density at radius 1 is 0.943 bits per heavy atom. The van der Waals surface area contributed by atoms with Crippen LogP contribution in [0, 0.1) is 0 Å². The second kappa shape index (κ2) is 9.34. The van der Waals surface area contributed by atoms with E-state index < -0.39 is 6.04 Å². The fourth-order valence-corrected chi connectivity index (χ4v) is 4.29. The van der Waals surface area contributed by atoms with E-state index in [1.165, 1.54) is 0 Å². The standard InChI is InChI=1S/C27H25N5O3/c1-17-22(26(33)29-19-13-8-5-9-14-19)23(20-15-10-16-21(34-2)24(20)35-3)32-27(28-17)30-25(31-32)18-11-6-4-7-12-18/h4-16,23H,1-3H3,(H,29,33)(H,28,30,31)/t23-/m1/s1. The van der Waals surface area contributed by atoms with Gasteiger partial charge in [0.2, 0.25) is 5.95 Å². The monoisotopic (exact) mass is 467 g/mol. The third-order valence-corrected chi connectivity index (χ3v) is 5.89. The van der Waals surface area contributed by atoms with Crippen molar-refractivity contribution >= 4 is 17.5 Å². The van der Waals surface area contributed by atoms with Crippen molar-refractivity contribution in [3.63, 3.8) is 0 Å². The van der Waals surface area contributed by atoms with Gasteiger partial charge in [-0.25, -0.2) is 4.68 Å². The van der Waals surface area contributed by atoms with Gasteiger partial charge in [-0.3, -0.25) is 4.79 Å². The summed E-state index contributed by atoms with van der Waals surface area (Å²) < 4.78 is 13.0. The Balaban J connectivity index is 1.67. The zero-order valence-corrected chi connectivity index (χ0v) is 19.6. The highest BCUT2D eigenvalue weighted by molar-refractivity contribution is 6.06. The van der Waals surface area contributed by atoms with Crippen molar-refractivity contribution in [1.29, 1.82) is 0 Å². The molecule has 0 saturated carbocycles. The fraction of sp³-hybridized carbons (Fsp3) is 0.148. The van der Waals surface area contributed by atoms with E-state index in [-0.39, 0.29) is 5.91 Å². The van der Waals surface area contributed by atoms with Crippen molar-refractivity contribution in [3.8, 4) is 22.9 Å². The first kappa shape index (κ1) is 22.2. The van der Waals surface area contributed by atoms with E-state index in [1.807, 2.05) is 85.8 Å². The first-order chi connectivity index (χ1) is 17.1. The summed E-state index contributed by atoms with van der Waals surface area (Å²) in [5, 5.41) is 11.1. The predicted octanol–water partition coefficient (Wildman–Crippen LogP) is 4.89. The third-order valence-electron chi connectivity index (χ3n) is 5.89. The SMILES string of the molecule is COc1cccc([C@@H]2C(C(=O)Nc3ccccc3)=C(C)Nc3nc(-c4ccccc4)nn32)c1OC. The van der Waals surface area contributed by atoms with Gasteiger partial charge in [0.25, 0.3) is 5.91 Å². The molecule has 1 atom stereocenters. The molecular weight excluding hydrogens is 442 g/mol. The van der Waals surface area contributed by atoms with Crippen LogP contribution in [0.5, 0.6) is 11.5 Å². The molecule has 3 aromatic carbocycles. The Bertz CT molecular complexity index is 1400. The van der Waals surface area contributed by atoms with E-state index in [9.17, 15) is 4.79 Å². The number of nitrogens with zero attached hydrogens (tertiary/aromatic N) is 3. The summed E-state index contributed by atoms with van der Waals surface area (Å²) >= 11 is 0. The summed E-state index contributed by atoms with van der Waals surface area (Å²) in [7, 11) is 3.17. The highest BCUT2D eigenvalue weighted by atomic mass is 16.5. The van der Waals surface area contributed by atoms with Crippen LogP contribution in [0.2, 0.25) is 0 Å². The zero-order chi connectivity index (χ0) is 24.4. The van der Waals surface area contributed by atoms with Crippen LogP contribution in [0.4, 0.5) is 11.6 Å². The predicted molar refractivity (Wildman–Crippen MR) is 135 cm³/mol. The second-order valence-corrected chi connectivity index (χ2v) is 8.04. The summed E-state index contributed by atoms with van der Waals surface area (Å²) in [6.45, 7) is 1.86. The number of rotatable bonds is 6. The van der Waals surface area contributed by atoms with Gasteiger partial charge in [-0.05, 0) is 25.1 Å². The smallest absolute Gasteiger partial charge is 0.255 e. The summed E-state index contributed by atoms with van der Waals surface area (Å²) in [4.78, 5) is 18.4. The summed E-state index contributed by atoms with van der Waals surface area (Å²) in [5.74, 6) is 1.93. The number of benzene rings is 3. The zero-order valence-electron chi connectivity index (χ0n) is 19.6. The first-order valence-corrected chi connectivity index (χ1v) is 11.2. The summed E-state index contributed by atoms with van der Waals surface area (Å²) in [5.41, 5.74) is 3.48. The molecule has 1 amide bonds. The number of amides is 1. The molecule has 0 unspecified atom stereocenters. The molecule has 2 heterocycles. The molecule has 0 bridgehead atoms. The number of aromatic nitrogens is 3. The maximum atomic E-state index is 13.7. The van der Waals surface area contributed by atoms with Gasteiger partial charge in [0.1, 0.15) is 6.04 Å². The van der Waals surface area contributed by atoms with E-state index in [0.29, 0.717) is 40.2 Å². The Morgan fingerprint density at radius 2 is 1.66 bits per heavy atom. The second-order valence-electron chi connectivity index (χ2n) is 8.04. The minimum atomic E-state index is -0.607. The van der Waals surface area contributed by atoms with Crippen LogP contribution in [-0.2, 0) is 4.79 Å². The van der Waals surface area contributed by atoms with Crippen molar-refractivity contribution in [3.05, 3.63) is 95.7 Å². The maximum absolute atomic E-state index is 13.7. The molecule has 0 fully saturated rings. The topological polar surface area (TPSA) is 90.3 Å². The molecular formula is C27H25N5O3. The fourth-order valence-electron chi connectivity index (χ4n) is 4.29. The van der Waals surface area contributed by atoms with Gasteiger partial charge in [-0.1, -0.05) is 60.7 Å². The molecule has 1 aromatic heterocycles. The van der Waals surface area contributed by atoms with Crippen LogP contribution in [-0.4, -0.2) is 34.9 Å². The molecule has 35 heavy (non-hydrogen) atoms. The Hall–Kier alpha value is -4.59.